The fourth-order valence-corrected chi connectivity index (χ4v) is 2.62. The minimum Gasteiger partial charge on any atom is -0.496 e. The van der Waals surface area contributed by atoms with Crippen molar-refractivity contribution in [2.75, 3.05) is 34.4 Å². The second-order valence-corrected chi connectivity index (χ2v) is 4.70. The minimum atomic E-state index is 0.325. The molecule has 1 aromatic carbocycles. The summed E-state index contributed by atoms with van der Waals surface area (Å²) in [5.74, 6) is 2.43. The van der Waals surface area contributed by atoms with Gasteiger partial charge in [0.05, 0.1) is 14.2 Å². The van der Waals surface area contributed by atoms with Gasteiger partial charge >= 0.3 is 0 Å². The molecule has 1 saturated heterocycles. The molecule has 100 valence electrons. The first-order valence-corrected chi connectivity index (χ1v) is 6.32. The van der Waals surface area contributed by atoms with Crippen LogP contribution in [0.1, 0.15) is 17.2 Å². The van der Waals surface area contributed by atoms with Crippen LogP contribution in [0, 0.1) is 12.8 Å². The number of ether oxygens (including phenoxy) is 2. The molecule has 1 aliphatic heterocycles. The Hall–Kier alpha value is -1.26. The zero-order chi connectivity index (χ0) is 13.1. The normalized spacial score (nSPS) is 17.1. The summed E-state index contributed by atoms with van der Waals surface area (Å²) in [4.78, 5) is 0. The summed E-state index contributed by atoms with van der Waals surface area (Å²) in [7, 11) is 5.41. The van der Waals surface area contributed by atoms with Gasteiger partial charge in [-0.2, -0.15) is 0 Å². The molecule has 1 heterocycles. The number of hydrogen-bond acceptors (Lipinski definition) is 4. The first-order valence-electron chi connectivity index (χ1n) is 6.32. The lowest BCUT2D eigenvalue weighted by Crippen LogP contribution is -2.48. The molecule has 0 bridgehead atoms. The quantitative estimate of drug-likeness (QED) is 0.831. The minimum absolute atomic E-state index is 0.325. The third-order valence-electron chi connectivity index (χ3n) is 3.74. The van der Waals surface area contributed by atoms with Gasteiger partial charge in [-0.15, -0.1) is 0 Å². The number of rotatable bonds is 5. The van der Waals surface area contributed by atoms with Crippen LogP contribution in [-0.4, -0.2) is 34.4 Å². The van der Waals surface area contributed by atoms with Crippen LogP contribution in [0.15, 0.2) is 12.1 Å². The summed E-state index contributed by atoms with van der Waals surface area (Å²) in [6, 6.07) is 4.44. The van der Waals surface area contributed by atoms with Gasteiger partial charge in [-0.25, -0.2) is 0 Å². The van der Waals surface area contributed by atoms with Crippen molar-refractivity contribution >= 4 is 0 Å². The highest BCUT2D eigenvalue weighted by molar-refractivity contribution is 5.50. The van der Waals surface area contributed by atoms with Crippen LogP contribution in [0.2, 0.25) is 0 Å². The largest absolute Gasteiger partial charge is 0.496 e. The van der Waals surface area contributed by atoms with Gasteiger partial charge in [0.1, 0.15) is 11.5 Å². The summed E-state index contributed by atoms with van der Waals surface area (Å²) in [6.07, 6.45) is 0. The molecule has 1 aliphatic rings. The van der Waals surface area contributed by atoms with Gasteiger partial charge in [-0.05, 0) is 20.0 Å². The van der Waals surface area contributed by atoms with Gasteiger partial charge in [0.25, 0.3) is 0 Å². The standard InChI is InChI=1S/C14H22N2O2/c1-9-12(17-3)6-5-11(14(9)18-4)13(15-2)10-7-16-8-10/h5-6,10,13,15-16H,7-8H2,1-4H3. The van der Waals surface area contributed by atoms with Crippen molar-refractivity contribution in [2.24, 2.45) is 5.92 Å². The van der Waals surface area contributed by atoms with Crippen molar-refractivity contribution in [3.63, 3.8) is 0 Å². The molecule has 0 aromatic heterocycles. The van der Waals surface area contributed by atoms with Crippen molar-refractivity contribution in [2.45, 2.75) is 13.0 Å². The van der Waals surface area contributed by atoms with Gasteiger partial charge in [0, 0.05) is 36.2 Å². The second-order valence-electron chi connectivity index (χ2n) is 4.70. The van der Waals surface area contributed by atoms with E-state index in [0.717, 1.165) is 30.2 Å². The molecule has 0 radical (unpaired) electrons. The highest BCUT2D eigenvalue weighted by atomic mass is 16.5. The first-order chi connectivity index (χ1) is 8.72. The van der Waals surface area contributed by atoms with E-state index >= 15 is 0 Å². The third-order valence-corrected chi connectivity index (χ3v) is 3.74. The lowest BCUT2D eigenvalue weighted by molar-refractivity contribution is 0.261. The Kier molecular flexibility index (Phi) is 4.09. The molecule has 18 heavy (non-hydrogen) atoms. The first kappa shape index (κ1) is 13.2. The number of hydrogen-bond donors (Lipinski definition) is 2. The molecule has 0 amide bonds. The van der Waals surface area contributed by atoms with E-state index in [1.807, 2.05) is 20.0 Å². The summed E-state index contributed by atoms with van der Waals surface area (Å²) in [5, 5.41) is 6.71. The smallest absolute Gasteiger partial charge is 0.130 e. The summed E-state index contributed by atoms with van der Waals surface area (Å²) >= 11 is 0. The summed E-state index contributed by atoms with van der Waals surface area (Å²) in [6.45, 7) is 4.15. The number of nitrogens with one attached hydrogen (secondary N) is 2. The van der Waals surface area contributed by atoms with Crippen LogP contribution in [0.25, 0.3) is 0 Å². The van der Waals surface area contributed by atoms with E-state index in [9.17, 15) is 0 Å². The molecular weight excluding hydrogens is 228 g/mol. The van der Waals surface area contributed by atoms with Gasteiger partial charge in [-0.1, -0.05) is 6.07 Å². The predicted molar refractivity (Wildman–Crippen MR) is 72.4 cm³/mol. The van der Waals surface area contributed by atoms with Crippen molar-refractivity contribution in [1.82, 2.24) is 10.6 Å². The Labute approximate surface area is 109 Å². The molecule has 4 nitrogen and oxygen atoms in total. The molecule has 4 heteroatoms. The van der Waals surface area contributed by atoms with Gasteiger partial charge in [-0.3, -0.25) is 0 Å². The predicted octanol–water partition coefficient (Wildman–Crippen LogP) is 1.49. The van der Waals surface area contributed by atoms with E-state index in [0.29, 0.717) is 12.0 Å². The van der Waals surface area contributed by atoms with Crippen molar-refractivity contribution in [3.8, 4) is 11.5 Å². The summed E-state index contributed by atoms with van der Waals surface area (Å²) in [5.41, 5.74) is 2.27. The second kappa shape index (κ2) is 5.59. The molecule has 2 rings (SSSR count). The molecule has 1 atom stereocenters. The SMILES string of the molecule is CNC(c1ccc(OC)c(C)c1OC)C1CNC1. The Morgan fingerprint density at radius 1 is 1.28 bits per heavy atom. The molecule has 1 aromatic rings. The van der Waals surface area contributed by atoms with E-state index in [2.05, 4.69) is 16.7 Å². The third kappa shape index (κ3) is 2.18. The number of benzene rings is 1. The Balaban J connectivity index is 2.39. The topological polar surface area (TPSA) is 42.5 Å². The number of methoxy groups -OCH3 is 2. The lowest BCUT2D eigenvalue weighted by atomic mass is 9.87. The van der Waals surface area contributed by atoms with Crippen molar-refractivity contribution in [1.29, 1.82) is 0 Å². The Bertz CT molecular complexity index is 417. The van der Waals surface area contributed by atoms with E-state index in [-0.39, 0.29) is 0 Å². The molecule has 0 saturated carbocycles. The zero-order valence-corrected chi connectivity index (χ0v) is 11.5. The molecule has 0 spiro atoms. The monoisotopic (exact) mass is 250 g/mol. The van der Waals surface area contributed by atoms with Crippen LogP contribution < -0.4 is 20.1 Å². The maximum atomic E-state index is 5.58. The van der Waals surface area contributed by atoms with Crippen molar-refractivity contribution < 1.29 is 9.47 Å². The molecule has 0 aliphatic carbocycles. The maximum absolute atomic E-state index is 5.58. The van der Waals surface area contributed by atoms with E-state index < -0.39 is 0 Å². The lowest BCUT2D eigenvalue weighted by Gasteiger charge is -2.35. The summed E-state index contributed by atoms with van der Waals surface area (Å²) < 4.78 is 10.9. The molecule has 2 N–H and O–H groups in total. The highest BCUT2D eigenvalue weighted by Gasteiger charge is 2.30. The van der Waals surface area contributed by atoms with Gasteiger partial charge in [0.15, 0.2) is 0 Å². The van der Waals surface area contributed by atoms with Gasteiger partial charge < -0.3 is 20.1 Å². The van der Waals surface area contributed by atoms with Crippen LogP contribution in [-0.2, 0) is 0 Å². The van der Waals surface area contributed by atoms with Crippen LogP contribution in [0.3, 0.4) is 0 Å². The van der Waals surface area contributed by atoms with Crippen LogP contribution >= 0.6 is 0 Å². The highest BCUT2D eigenvalue weighted by Crippen LogP contribution is 2.37. The molecule has 1 unspecified atom stereocenters. The fourth-order valence-electron chi connectivity index (χ4n) is 2.62. The average molecular weight is 250 g/mol. The van der Waals surface area contributed by atoms with Crippen LogP contribution in [0.4, 0.5) is 0 Å². The van der Waals surface area contributed by atoms with E-state index in [1.165, 1.54) is 5.56 Å². The maximum Gasteiger partial charge on any atom is 0.130 e. The zero-order valence-electron chi connectivity index (χ0n) is 11.5. The molecular formula is C14H22N2O2. The Morgan fingerprint density at radius 2 is 2.00 bits per heavy atom. The molecule has 1 fully saturated rings. The van der Waals surface area contributed by atoms with E-state index in [1.54, 1.807) is 14.2 Å². The van der Waals surface area contributed by atoms with E-state index in [4.69, 9.17) is 9.47 Å². The van der Waals surface area contributed by atoms with Crippen molar-refractivity contribution in [3.05, 3.63) is 23.3 Å². The van der Waals surface area contributed by atoms with Crippen LogP contribution in [0.5, 0.6) is 11.5 Å². The van der Waals surface area contributed by atoms with Gasteiger partial charge in [0.2, 0.25) is 0 Å². The fraction of sp³-hybridized carbons (Fsp3) is 0.571. The average Bonchev–Trinajstić information content (AvgIpc) is 2.33. The Morgan fingerprint density at radius 3 is 2.44 bits per heavy atom.